The molecule has 0 unspecified atom stereocenters. The van der Waals surface area contributed by atoms with Crippen molar-refractivity contribution in [2.45, 2.75) is 6.61 Å². The van der Waals surface area contributed by atoms with Gasteiger partial charge in [-0.3, -0.25) is 10.1 Å². The highest BCUT2D eigenvalue weighted by molar-refractivity contribution is 5.83. The van der Waals surface area contributed by atoms with E-state index in [0.717, 1.165) is 28.1 Å². The van der Waals surface area contributed by atoms with E-state index in [1.807, 2.05) is 42.5 Å². The van der Waals surface area contributed by atoms with E-state index < -0.39 is 5.97 Å². The molecule has 8 heteroatoms. The number of pyridine rings is 1. The van der Waals surface area contributed by atoms with Gasteiger partial charge < -0.3 is 9.84 Å². The van der Waals surface area contributed by atoms with Gasteiger partial charge in [-0.15, -0.1) is 0 Å². The predicted octanol–water partition coefficient (Wildman–Crippen LogP) is 3.21. The van der Waals surface area contributed by atoms with Gasteiger partial charge in [-0.1, -0.05) is 18.2 Å². The van der Waals surface area contributed by atoms with E-state index in [2.05, 4.69) is 25.1 Å². The molecule has 3 aromatic heterocycles. The summed E-state index contributed by atoms with van der Waals surface area (Å²) in [6.45, 7) is 0.368. The molecule has 0 aliphatic carbocycles. The van der Waals surface area contributed by atoms with Crippen LogP contribution in [0.15, 0.2) is 67.3 Å². The van der Waals surface area contributed by atoms with Gasteiger partial charge in [-0.2, -0.15) is 5.10 Å². The van der Waals surface area contributed by atoms with Gasteiger partial charge in [-0.05, 0) is 35.4 Å². The smallest absolute Gasteiger partial charge is 0.373 e. The van der Waals surface area contributed by atoms with Crippen molar-refractivity contribution in [1.29, 1.82) is 0 Å². The number of carboxylic acid groups (broad SMARTS) is 1. The lowest BCUT2D eigenvalue weighted by atomic mass is 10.1. The molecule has 3 heterocycles. The third-order valence-corrected chi connectivity index (χ3v) is 4.02. The first kappa shape index (κ1) is 17.3. The van der Waals surface area contributed by atoms with Gasteiger partial charge in [-0.25, -0.2) is 14.8 Å². The van der Waals surface area contributed by atoms with Gasteiger partial charge in [0.15, 0.2) is 0 Å². The molecule has 4 aromatic rings. The zero-order valence-electron chi connectivity index (χ0n) is 14.6. The number of hydrogen-bond acceptors (Lipinski definition) is 6. The summed E-state index contributed by atoms with van der Waals surface area (Å²) in [5.74, 6) is -0.724. The first-order chi connectivity index (χ1) is 13.7. The Morgan fingerprint density at radius 3 is 2.54 bits per heavy atom. The maximum absolute atomic E-state index is 10.9. The summed E-state index contributed by atoms with van der Waals surface area (Å²) in [4.78, 5) is 22.9. The first-order valence-corrected chi connectivity index (χ1v) is 8.42. The van der Waals surface area contributed by atoms with Gasteiger partial charge in [0.2, 0.25) is 5.82 Å². The SMILES string of the molecule is O=C(O)c1ncc(-c2cccc(COc3ccc(-c4ccn[nH]4)nc3)c2)cn1. The Labute approximate surface area is 159 Å². The van der Waals surface area contributed by atoms with E-state index in [4.69, 9.17) is 9.84 Å². The summed E-state index contributed by atoms with van der Waals surface area (Å²) in [6, 6.07) is 13.3. The monoisotopic (exact) mass is 373 g/mol. The summed E-state index contributed by atoms with van der Waals surface area (Å²) in [5.41, 5.74) is 4.20. The highest BCUT2D eigenvalue weighted by atomic mass is 16.5. The normalized spacial score (nSPS) is 10.6. The molecule has 2 N–H and O–H groups in total. The van der Waals surface area contributed by atoms with Gasteiger partial charge in [0.1, 0.15) is 12.4 Å². The number of rotatable bonds is 6. The highest BCUT2D eigenvalue weighted by Gasteiger charge is 2.07. The van der Waals surface area contributed by atoms with Crippen LogP contribution in [-0.4, -0.2) is 36.2 Å². The van der Waals surface area contributed by atoms with Crippen LogP contribution < -0.4 is 4.74 Å². The average molecular weight is 373 g/mol. The minimum Gasteiger partial charge on any atom is -0.487 e. The lowest BCUT2D eigenvalue weighted by molar-refractivity contribution is 0.0683. The Bertz CT molecular complexity index is 1080. The molecule has 0 aliphatic heterocycles. The molecule has 0 bridgehead atoms. The van der Waals surface area contributed by atoms with Crippen LogP contribution in [0.2, 0.25) is 0 Å². The Morgan fingerprint density at radius 1 is 1.00 bits per heavy atom. The van der Waals surface area contributed by atoms with Crippen LogP contribution in [0.25, 0.3) is 22.5 Å². The van der Waals surface area contributed by atoms with Crippen molar-refractivity contribution >= 4 is 5.97 Å². The van der Waals surface area contributed by atoms with Crippen molar-refractivity contribution in [3.8, 4) is 28.3 Å². The summed E-state index contributed by atoms with van der Waals surface area (Å²) < 4.78 is 5.81. The second kappa shape index (κ2) is 7.67. The molecular formula is C20H15N5O3. The first-order valence-electron chi connectivity index (χ1n) is 8.42. The Morgan fingerprint density at radius 2 is 1.86 bits per heavy atom. The number of aromatic carboxylic acids is 1. The maximum atomic E-state index is 10.9. The zero-order valence-corrected chi connectivity index (χ0v) is 14.6. The van der Waals surface area contributed by atoms with Gasteiger partial charge in [0, 0.05) is 24.2 Å². The van der Waals surface area contributed by atoms with Crippen molar-refractivity contribution in [3.05, 3.63) is 78.6 Å². The molecule has 4 rings (SSSR count). The van der Waals surface area contributed by atoms with Crippen LogP contribution in [0.5, 0.6) is 5.75 Å². The minimum absolute atomic E-state index is 0.227. The van der Waals surface area contributed by atoms with Crippen LogP contribution in [-0.2, 0) is 6.61 Å². The number of carbonyl (C=O) groups is 1. The molecule has 0 saturated heterocycles. The number of benzene rings is 1. The van der Waals surface area contributed by atoms with E-state index in [1.54, 1.807) is 12.4 Å². The van der Waals surface area contributed by atoms with Gasteiger partial charge >= 0.3 is 5.97 Å². The van der Waals surface area contributed by atoms with E-state index in [-0.39, 0.29) is 5.82 Å². The number of aromatic nitrogens is 5. The molecule has 28 heavy (non-hydrogen) atoms. The number of nitrogens with zero attached hydrogens (tertiary/aromatic N) is 4. The van der Waals surface area contributed by atoms with Crippen LogP contribution in [0.4, 0.5) is 0 Å². The van der Waals surface area contributed by atoms with Crippen molar-refractivity contribution in [1.82, 2.24) is 25.1 Å². The molecule has 0 radical (unpaired) electrons. The number of hydrogen-bond donors (Lipinski definition) is 2. The van der Waals surface area contributed by atoms with Crippen molar-refractivity contribution in [3.63, 3.8) is 0 Å². The van der Waals surface area contributed by atoms with Crippen LogP contribution in [0.1, 0.15) is 16.2 Å². The molecule has 0 atom stereocenters. The number of nitrogens with one attached hydrogen (secondary N) is 1. The molecule has 0 amide bonds. The van der Waals surface area contributed by atoms with Crippen LogP contribution in [0.3, 0.4) is 0 Å². The van der Waals surface area contributed by atoms with Crippen LogP contribution in [0, 0.1) is 0 Å². The van der Waals surface area contributed by atoms with E-state index in [1.165, 1.54) is 12.4 Å². The molecular weight excluding hydrogens is 358 g/mol. The van der Waals surface area contributed by atoms with Crippen LogP contribution >= 0.6 is 0 Å². The second-order valence-corrected chi connectivity index (χ2v) is 5.94. The Balaban J connectivity index is 1.44. The summed E-state index contributed by atoms with van der Waals surface area (Å²) in [5, 5.41) is 15.7. The fourth-order valence-electron chi connectivity index (χ4n) is 2.62. The number of H-pyrrole nitrogens is 1. The number of carboxylic acids is 1. The number of aromatic amines is 1. The van der Waals surface area contributed by atoms with Gasteiger partial charge in [0.25, 0.3) is 0 Å². The number of ether oxygens (including phenoxy) is 1. The third-order valence-electron chi connectivity index (χ3n) is 4.02. The molecule has 8 nitrogen and oxygen atoms in total. The standard InChI is InChI=1S/C20H15N5O3/c26-20(27)19-22-9-15(10-23-19)14-3-1-2-13(8-14)12-28-16-4-5-17(21-11-16)18-6-7-24-25-18/h1-11H,12H2,(H,24,25)(H,26,27). The third kappa shape index (κ3) is 3.85. The fraction of sp³-hybridized carbons (Fsp3) is 0.0500. The van der Waals surface area contributed by atoms with Crippen molar-refractivity contribution in [2.24, 2.45) is 0 Å². The van der Waals surface area contributed by atoms with Crippen molar-refractivity contribution < 1.29 is 14.6 Å². The summed E-state index contributed by atoms with van der Waals surface area (Å²) in [7, 11) is 0. The van der Waals surface area contributed by atoms with E-state index >= 15 is 0 Å². The average Bonchev–Trinajstić information content (AvgIpc) is 3.28. The topological polar surface area (TPSA) is 114 Å². The van der Waals surface area contributed by atoms with E-state index in [9.17, 15) is 4.79 Å². The van der Waals surface area contributed by atoms with Gasteiger partial charge in [0.05, 0.1) is 17.6 Å². The second-order valence-electron chi connectivity index (χ2n) is 5.94. The largest absolute Gasteiger partial charge is 0.487 e. The maximum Gasteiger partial charge on any atom is 0.373 e. The predicted molar refractivity (Wildman–Crippen MR) is 101 cm³/mol. The minimum atomic E-state index is -1.15. The summed E-state index contributed by atoms with van der Waals surface area (Å²) >= 11 is 0. The molecule has 0 spiro atoms. The Hall–Kier alpha value is -4.07. The molecule has 0 saturated carbocycles. The zero-order chi connectivity index (χ0) is 19.3. The Kier molecular flexibility index (Phi) is 4.75. The molecule has 0 aliphatic rings. The lowest BCUT2D eigenvalue weighted by Crippen LogP contribution is -2.03. The molecule has 138 valence electrons. The van der Waals surface area contributed by atoms with E-state index in [0.29, 0.717) is 12.4 Å². The lowest BCUT2D eigenvalue weighted by Gasteiger charge is -2.08. The summed E-state index contributed by atoms with van der Waals surface area (Å²) in [6.07, 6.45) is 6.33. The van der Waals surface area contributed by atoms with Crippen molar-refractivity contribution in [2.75, 3.05) is 0 Å². The molecule has 1 aromatic carbocycles. The fourth-order valence-corrected chi connectivity index (χ4v) is 2.62. The quantitative estimate of drug-likeness (QED) is 0.533. The highest BCUT2D eigenvalue weighted by Crippen LogP contribution is 2.21. The molecule has 0 fully saturated rings.